The zero-order valence-electron chi connectivity index (χ0n) is 17.3. The molecule has 1 fully saturated rings. The molecule has 30 heavy (non-hydrogen) atoms. The van der Waals surface area contributed by atoms with Crippen LogP contribution in [0.4, 0.5) is 0 Å². The molecule has 9 heteroatoms. The van der Waals surface area contributed by atoms with Crippen LogP contribution in [-0.2, 0) is 10.0 Å². The molecule has 1 atom stereocenters. The van der Waals surface area contributed by atoms with Gasteiger partial charge in [0.25, 0.3) is 0 Å². The second-order valence-electron chi connectivity index (χ2n) is 7.56. The topological polar surface area (TPSA) is 92.4 Å². The first kappa shape index (κ1) is 20.6. The van der Waals surface area contributed by atoms with Gasteiger partial charge in [0.15, 0.2) is 0 Å². The summed E-state index contributed by atoms with van der Waals surface area (Å²) in [7, 11) is -3.50. The number of hydrogen-bond donors (Lipinski definition) is 0. The zero-order valence-corrected chi connectivity index (χ0v) is 18.1. The minimum absolute atomic E-state index is 0.102. The monoisotopic (exact) mass is 427 g/mol. The van der Waals surface area contributed by atoms with Crippen LogP contribution in [0.1, 0.15) is 30.0 Å². The van der Waals surface area contributed by atoms with Gasteiger partial charge in [0.2, 0.25) is 21.7 Å². The van der Waals surface area contributed by atoms with E-state index in [-0.39, 0.29) is 6.04 Å². The lowest BCUT2D eigenvalue weighted by atomic mass is 10.1. The van der Waals surface area contributed by atoms with Crippen LogP contribution in [0.3, 0.4) is 0 Å². The van der Waals surface area contributed by atoms with Crippen molar-refractivity contribution in [2.75, 3.05) is 26.2 Å². The van der Waals surface area contributed by atoms with Gasteiger partial charge in [-0.05, 0) is 56.2 Å². The molecule has 3 heterocycles. The van der Waals surface area contributed by atoms with E-state index in [1.165, 1.54) is 0 Å². The summed E-state index contributed by atoms with van der Waals surface area (Å²) in [6, 6.07) is 8.89. The fraction of sp³-hybridized carbons (Fsp3) is 0.381. The van der Waals surface area contributed by atoms with Crippen LogP contribution in [0.5, 0.6) is 0 Å². The standard InChI is InChI=1S/C21H25N5O3S/c1-15-6-7-19(13-16(15)2)30(27,28)26-11-9-25(10-12-26)17(3)21-23-20(24-29-21)18-5-4-8-22-14-18/h4-8,13-14,17H,9-12H2,1-3H3. The summed E-state index contributed by atoms with van der Waals surface area (Å²) in [4.78, 5) is 11.1. The Kier molecular flexibility index (Phi) is 5.68. The van der Waals surface area contributed by atoms with Gasteiger partial charge in [0, 0.05) is 44.1 Å². The number of benzene rings is 1. The average Bonchev–Trinajstić information content (AvgIpc) is 3.26. The van der Waals surface area contributed by atoms with Crippen molar-refractivity contribution in [1.82, 2.24) is 24.3 Å². The molecule has 1 saturated heterocycles. The Hall–Kier alpha value is -2.62. The number of pyridine rings is 1. The Balaban J connectivity index is 1.43. The van der Waals surface area contributed by atoms with Gasteiger partial charge in [-0.15, -0.1) is 0 Å². The van der Waals surface area contributed by atoms with Crippen LogP contribution in [0, 0.1) is 13.8 Å². The van der Waals surface area contributed by atoms with E-state index in [1.807, 2.05) is 39.0 Å². The number of sulfonamides is 1. The van der Waals surface area contributed by atoms with Crippen LogP contribution < -0.4 is 0 Å². The van der Waals surface area contributed by atoms with Gasteiger partial charge in [0.05, 0.1) is 10.9 Å². The van der Waals surface area contributed by atoms with Crippen molar-refractivity contribution < 1.29 is 12.9 Å². The van der Waals surface area contributed by atoms with E-state index < -0.39 is 10.0 Å². The lowest BCUT2D eigenvalue weighted by molar-refractivity contribution is 0.124. The highest BCUT2D eigenvalue weighted by Gasteiger charge is 2.32. The SMILES string of the molecule is Cc1ccc(S(=O)(=O)N2CCN(C(C)c3nc(-c4cccnc4)no3)CC2)cc1C. The van der Waals surface area contributed by atoms with Crippen LogP contribution in [0.2, 0.25) is 0 Å². The zero-order chi connectivity index (χ0) is 21.3. The lowest BCUT2D eigenvalue weighted by Gasteiger charge is -2.36. The molecule has 1 unspecified atom stereocenters. The van der Waals surface area contributed by atoms with Crippen molar-refractivity contribution in [3.63, 3.8) is 0 Å². The Labute approximate surface area is 176 Å². The van der Waals surface area contributed by atoms with Gasteiger partial charge in [-0.1, -0.05) is 11.2 Å². The third-order valence-electron chi connectivity index (χ3n) is 5.66. The number of hydrogen-bond acceptors (Lipinski definition) is 7. The first-order chi connectivity index (χ1) is 14.4. The second-order valence-corrected chi connectivity index (χ2v) is 9.50. The van der Waals surface area contributed by atoms with E-state index in [2.05, 4.69) is 20.0 Å². The quantitative estimate of drug-likeness (QED) is 0.618. The summed E-state index contributed by atoms with van der Waals surface area (Å²) >= 11 is 0. The number of aryl methyl sites for hydroxylation is 2. The molecule has 1 aromatic carbocycles. The third kappa shape index (κ3) is 4.00. The fourth-order valence-corrected chi connectivity index (χ4v) is 5.04. The third-order valence-corrected chi connectivity index (χ3v) is 7.55. The molecule has 158 valence electrons. The first-order valence-corrected chi connectivity index (χ1v) is 11.4. The van der Waals surface area contributed by atoms with Gasteiger partial charge in [0.1, 0.15) is 0 Å². The first-order valence-electron chi connectivity index (χ1n) is 9.92. The summed E-state index contributed by atoms with van der Waals surface area (Å²) in [6.45, 7) is 7.92. The average molecular weight is 428 g/mol. The van der Waals surface area contributed by atoms with Crippen molar-refractivity contribution in [3.8, 4) is 11.4 Å². The van der Waals surface area contributed by atoms with E-state index in [0.717, 1.165) is 16.7 Å². The van der Waals surface area contributed by atoms with E-state index in [1.54, 1.807) is 28.8 Å². The van der Waals surface area contributed by atoms with E-state index in [4.69, 9.17) is 4.52 Å². The molecule has 0 N–H and O–H groups in total. The maximum Gasteiger partial charge on any atom is 0.244 e. The van der Waals surface area contributed by atoms with Gasteiger partial charge in [-0.3, -0.25) is 9.88 Å². The second kappa shape index (κ2) is 8.25. The molecular formula is C21H25N5O3S. The van der Waals surface area contributed by atoms with Crippen molar-refractivity contribution in [1.29, 1.82) is 0 Å². The van der Waals surface area contributed by atoms with Gasteiger partial charge >= 0.3 is 0 Å². The lowest BCUT2D eigenvalue weighted by Crippen LogP contribution is -2.49. The number of piperazine rings is 1. The molecule has 1 aliphatic heterocycles. The summed E-state index contributed by atoms with van der Waals surface area (Å²) < 4.78 is 33.0. The molecule has 0 aliphatic carbocycles. The van der Waals surface area contributed by atoms with Gasteiger partial charge in [-0.2, -0.15) is 9.29 Å². The van der Waals surface area contributed by atoms with E-state index in [0.29, 0.717) is 42.8 Å². The highest BCUT2D eigenvalue weighted by atomic mass is 32.2. The van der Waals surface area contributed by atoms with Gasteiger partial charge < -0.3 is 4.52 Å². The predicted molar refractivity (Wildman–Crippen MR) is 112 cm³/mol. The molecule has 0 amide bonds. The molecular weight excluding hydrogens is 402 g/mol. The predicted octanol–water partition coefficient (Wildman–Crippen LogP) is 2.82. The van der Waals surface area contributed by atoms with Crippen molar-refractivity contribution in [2.24, 2.45) is 0 Å². The van der Waals surface area contributed by atoms with Gasteiger partial charge in [-0.25, -0.2) is 8.42 Å². The Bertz CT molecular complexity index is 1120. The fourth-order valence-electron chi connectivity index (χ4n) is 3.53. The summed E-state index contributed by atoms with van der Waals surface area (Å²) in [5.41, 5.74) is 2.85. The number of nitrogens with zero attached hydrogens (tertiary/aromatic N) is 5. The molecule has 0 radical (unpaired) electrons. The van der Waals surface area contributed by atoms with Crippen molar-refractivity contribution in [2.45, 2.75) is 31.7 Å². The van der Waals surface area contributed by atoms with Crippen LogP contribution >= 0.6 is 0 Å². The van der Waals surface area contributed by atoms with Crippen molar-refractivity contribution in [3.05, 3.63) is 59.7 Å². The number of aromatic nitrogens is 3. The molecule has 0 saturated carbocycles. The maximum absolute atomic E-state index is 13.0. The van der Waals surface area contributed by atoms with Crippen LogP contribution in [0.25, 0.3) is 11.4 Å². The Morgan fingerprint density at radius 2 is 1.83 bits per heavy atom. The van der Waals surface area contributed by atoms with Crippen molar-refractivity contribution >= 4 is 10.0 Å². The summed E-state index contributed by atoms with van der Waals surface area (Å²) in [5.74, 6) is 1.01. The Morgan fingerprint density at radius 3 is 2.50 bits per heavy atom. The molecule has 0 bridgehead atoms. The minimum Gasteiger partial charge on any atom is -0.337 e. The molecule has 4 rings (SSSR count). The molecule has 0 spiro atoms. The highest BCUT2D eigenvalue weighted by molar-refractivity contribution is 7.89. The summed E-state index contributed by atoms with van der Waals surface area (Å²) in [6.07, 6.45) is 3.38. The maximum atomic E-state index is 13.0. The largest absolute Gasteiger partial charge is 0.337 e. The smallest absolute Gasteiger partial charge is 0.244 e. The number of rotatable bonds is 5. The molecule has 8 nitrogen and oxygen atoms in total. The van der Waals surface area contributed by atoms with E-state index in [9.17, 15) is 8.42 Å². The molecule has 3 aromatic rings. The van der Waals surface area contributed by atoms with E-state index >= 15 is 0 Å². The van der Waals surface area contributed by atoms with Crippen LogP contribution in [0.15, 0.2) is 52.1 Å². The normalized spacial score (nSPS) is 17.2. The molecule has 1 aliphatic rings. The van der Waals surface area contributed by atoms with Crippen LogP contribution in [-0.4, -0.2) is 58.9 Å². The minimum atomic E-state index is -3.50. The Morgan fingerprint density at radius 1 is 1.07 bits per heavy atom. The summed E-state index contributed by atoms with van der Waals surface area (Å²) in [5, 5.41) is 4.05. The molecule has 2 aromatic heterocycles. The highest BCUT2D eigenvalue weighted by Crippen LogP contribution is 2.25.